The summed E-state index contributed by atoms with van der Waals surface area (Å²) in [5, 5.41) is 3.58. The van der Waals surface area contributed by atoms with Crippen molar-refractivity contribution in [1.82, 2.24) is 15.1 Å². The molecule has 1 saturated heterocycles. The van der Waals surface area contributed by atoms with Crippen molar-refractivity contribution in [2.24, 2.45) is 0 Å². The maximum atomic E-state index is 5.74. The van der Waals surface area contributed by atoms with Crippen molar-refractivity contribution in [3.63, 3.8) is 0 Å². The molecule has 4 nitrogen and oxygen atoms in total. The molecule has 2 aliphatic rings. The number of likely N-dealkylation sites (N-methyl/N-ethyl adjacent to an activating group) is 1. The lowest BCUT2D eigenvalue weighted by Gasteiger charge is -2.27. The normalized spacial score (nSPS) is 25.8. The molecule has 0 aromatic carbocycles. The molecule has 1 aliphatic heterocycles. The van der Waals surface area contributed by atoms with Gasteiger partial charge in [-0.15, -0.1) is 0 Å². The van der Waals surface area contributed by atoms with Crippen LogP contribution in [0.5, 0.6) is 0 Å². The van der Waals surface area contributed by atoms with Crippen LogP contribution in [0, 0.1) is 0 Å². The highest BCUT2D eigenvalue weighted by molar-refractivity contribution is 5.17. The highest BCUT2D eigenvalue weighted by Gasteiger charge is 2.23. The minimum absolute atomic E-state index is 0.594. The van der Waals surface area contributed by atoms with Gasteiger partial charge in [0.15, 0.2) is 0 Å². The Morgan fingerprint density at radius 2 is 2.20 bits per heavy atom. The van der Waals surface area contributed by atoms with Gasteiger partial charge in [0.2, 0.25) is 0 Å². The molecule has 1 atom stereocenters. The SMILES string of the molecule is CC1CN(C)CCCN1Cc1occc1CNC1CC1. The van der Waals surface area contributed by atoms with Gasteiger partial charge in [-0.05, 0) is 45.8 Å². The van der Waals surface area contributed by atoms with Gasteiger partial charge in [-0.1, -0.05) is 0 Å². The molecule has 112 valence electrons. The van der Waals surface area contributed by atoms with Crippen molar-refractivity contribution in [3.8, 4) is 0 Å². The lowest BCUT2D eigenvalue weighted by atomic mass is 10.2. The Balaban J connectivity index is 1.59. The Hall–Kier alpha value is -0.840. The van der Waals surface area contributed by atoms with Gasteiger partial charge in [-0.2, -0.15) is 0 Å². The summed E-state index contributed by atoms with van der Waals surface area (Å²) in [5.41, 5.74) is 1.33. The summed E-state index contributed by atoms with van der Waals surface area (Å²) < 4.78 is 5.74. The van der Waals surface area contributed by atoms with Crippen LogP contribution in [0.1, 0.15) is 37.5 Å². The van der Waals surface area contributed by atoms with E-state index in [0.717, 1.165) is 31.4 Å². The van der Waals surface area contributed by atoms with E-state index in [9.17, 15) is 0 Å². The number of hydrogen-bond acceptors (Lipinski definition) is 4. The molecule has 2 heterocycles. The second-order valence-corrected chi connectivity index (χ2v) is 6.46. The zero-order valence-corrected chi connectivity index (χ0v) is 12.8. The molecule has 1 saturated carbocycles. The third kappa shape index (κ3) is 3.62. The summed E-state index contributed by atoms with van der Waals surface area (Å²) in [6.45, 7) is 7.75. The van der Waals surface area contributed by atoms with E-state index in [4.69, 9.17) is 4.42 Å². The van der Waals surface area contributed by atoms with E-state index in [-0.39, 0.29) is 0 Å². The Bertz CT molecular complexity index is 427. The molecule has 1 N–H and O–H groups in total. The number of furan rings is 1. The van der Waals surface area contributed by atoms with E-state index in [2.05, 4.69) is 35.2 Å². The standard InChI is InChI=1S/C16H27N3O/c1-13-11-18(2)7-3-8-19(13)12-16-14(6-9-20-16)10-17-15-4-5-15/h6,9,13,15,17H,3-5,7-8,10-12H2,1-2H3. The Kier molecular flexibility index (Phi) is 4.44. The number of hydrogen-bond donors (Lipinski definition) is 1. The average molecular weight is 277 g/mol. The minimum atomic E-state index is 0.594. The van der Waals surface area contributed by atoms with Crippen LogP contribution in [-0.2, 0) is 13.1 Å². The summed E-state index contributed by atoms with van der Waals surface area (Å²) >= 11 is 0. The fraction of sp³-hybridized carbons (Fsp3) is 0.750. The molecule has 0 radical (unpaired) electrons. The van der Waals surface area contributed by atoms with Crippen LogP contribution in [-0.4, -0.2) is 48.6 Å². The molecule has 0 bridgehead atoms. The van der Waals surface area contributed by atoms with Crippen LogP contribution in [0.4, 0.5) is 0 Å². The fourth-order valence-electron chi connectivity index (χ4n) is 3.05. The maximum absolute atomic E-state index is 5.74. The van der Waals surface area contributed by atoms with Gasteiger partial charge in [0, 0.05) is 37.3 Å². The van der Waals surface area contributed by atoms with Crippen molar-refractivity contribution in [2.45, 2.75) is 51.4 Å². The highest BCUT2D eigenvalue weighted by Crippen LogP contribution is 2.21. The van der Waals surface area contributed by atoms with E-state index in [1.54, 1.807) is 0 Å². The number of rotatable bonds is 5. The fourth-order valence-corrected chi connectivity index (χ4v) is 3.05. The Morgan fingerprint density at radius 3 is 3.00 bits per heavy atom. The molecule has 4 heteroatoms. The van der Waals surface area contributed by atoms with Gasteiger partial charge >= 0.3 is 0 Å². The second-order valence-electron chi connectivity index (χ2n) is 6.46. The summed E-state index contributed by atoms with van der Waals surface area (Å²) in [4.78, 5) is 4.99. The van der Waals surface area contributed by atoms with Gasteiger partial charge in [-0.3, -0.25) is 4.90 Å². The first kappa shape index (κ1) is 14.1. The zero-order valence-electron chi connectivity index (χ0n) is 12.8. The first-order valence-corrected chi connectivity index (χ1v) is 7.93. The molecular formula is C16H27N3O. The molecule has 0 amide bonds. The summed E-state index contributed by atoms with van der Waals surface area (Å²) in [5.74, 6) is 1.15. The molecule has 20 heavy (non-hydrogen) atoms. The molecule has 1 aromatic rings. The maximum Gasteiger partial charge on any atom is 0.122 e. The van der Waals surface area contributed by atoms with Crippen molar-refractivity contribution < 1.29 is 4.42 Å². The van der Waals surface area contributed by atoms with Crippen molar-refractivity contribution in [1.29, 1.82) is 0 Å². The van der Waals surface area contributed by atoms with Crippen molar-refractivity contribution in [2.75, 3.05) is 26.7 Å². The van der Waals surface area contributed by atoms with Crippen LogP contribution in [0.2, 0.25) is 0 Å². The minimum Gasteiger partial charge on any atom is -0.468 e. The lowest BCUT2D eigenvalue weighted by Crippen LogP contribution is -2.37. The highest BCUT2D eigenvalue weighted by atomic mass is 16.3. The van der Waals surface area contributed by atoms with E-state index in [0.29, 0.717) is 6.04 Å². The smallest absolute Gasteiger partial charge is 0.122 e. The topological polar surface area (TPSA) is 31.6 Å². The Labute approximate surface area is 122 Å². The van der Waals surface area contributed by atoms with Gasteiger partial charge in [0.05, 0.1) is 12.8 Å². The molecule has 1 unspecified atom stereocenters. The predicted molar refractivity (Wildman–Crippen MR) is 80.6 cm³/mol. The van der Waals surface area contributed by atoms with Gasteiger partial charge in [0.1, 0.15) is 5.76 Å². The first-order chi connectivity index (χ1) is 9.72. The average Bonchev–Trinajstić information content (AvgIpc) is 3.16. The van der Waals surface area contributed by atoms with Crippen LogP contribution >= 0.6 is 0 Å². The predicted octanol–water partition coefficient (Wildman–Crippen LogP) is 2.06. The summed E-state index contributed by atoms with van der Waals surface area (Å²) in [6.07, 6.45) is 5.76. The molecule has 1 aromatic heterocycles. The summed E-state index contributed by atoms with van der Waals surface area (Å²) in [7, 11) is 2.22. The second kappa shape index (κ2) is 6.29. The van der Waals surface area contributed by atoms with E-state index in [1.165, 1.54) is 37.9 Å². The largest absolute Gasteiger partial charge is 0.468 e. The third-order valence-electron chi connectivity index (χ3n) is 4.53. The van der Waals surface area contributed by atoms with Gasteiger partial charge < -0.3 is 14.6 Å². The van der Waals surface area contributed by atoms with Crippen molar-refractivity contribution in [3.05, 3.63) is 23.7 Å². The quantitative estimate of drug-likeness (QED) is 0.893. The van der Waals surface area contributed by atoms with Gasteiger partial charge in [-0.25, -0.2) is 0 Å². The van der Waals surface area contributed by atoms with E-state index < -0.39 is 0 Å². The van der Waals surface area contributed by atoms with Crippen LogP contribution in [0.3, 0.4) is 0 Å². The van der Waals surface area contributed by atoms with E-state index in [1.807, 2.05) is 6.26 Å². The first-order valence-electron chi connectivity index (χ1n) is 7.93. The molecule has 0 spiro atoms. The van der Waals surface area contributed by atoms with Crippen LogP contribution in [0.25, 0.3) is 0 Å². The zero-order chi connectivity index (χ0) is 13.9. The third-order valence-corrected chi connectivity index (χ3v) is 4.53. The number of nitrogens with one attached hydrogen (secondary N) is 1. The van der Waals surface area contributed by atoms with Crippen LogP contribution in [0.15, 0.2) is 16.7 Å². The summed E-state index contributed by atoms with van der Waals surface area (Å²) in [6, 6.07) is 3.47. The monoisotopic (exact) mass is 277 g/mol. The van der Waals surface area contributed by atoms with Crippen molar-refractivity contribution >= 4 is 0 Å². The van der Waals surface area contributed by atoms with Crippen LogP contribution < -0.4 is 5.32 Å². The molecule has 1 aliphatic carbocycles. The molecular weight excluding hydrogens is 250 g/mol. The lowest BCUT2D eigenvalue weighted by molar-refractivity contribution is 0.180. The number of nitrogens with zero attached hydrogens (tertiary/aromatic N) is 2. The van der Waals surface area contributed by atoms with Gasteiger partial charge in [0.25, 0.3) is 0 Å². The Morgan fingerprint density at radius 1 is 1.35 bits per heavy atom. The van der Waals surface area contributed by atoms with E-state index >= 15 is 0 Å². The molecule has 2 fully saturated rings. The molecule has 3 rings (SSSR count).